The summed E-state index contributed by atoms with van der Waals surface area (Å²) in [7, 11) is 0. The van der Waals surface area contributed by atoms with Crippen molar-refractivity contribution in [3.63, 3.8) is 0 Å². The van der Waals surface area contributed by atoms with Crippen LogP contribution in [0.25, 0.3) is 11.4 Å². The van der Waals surface area contributed by atoms with E-state index in [4.69, 9.17) is 10.5 Å². The topological polar surface area (TPSA) is 106 Å². The number of nitrogens with two attached hydrogens (primary N) is 1. The van der Waals surface area contributed by atoms with Crippen molar-refractivity contribution in [1.82, 2.24) is 15.2 Å². The van der Waals surface area contributed by atoms with Gasteiger partial charge in [0.25, 0.3) is 0 Å². The van der Waals surface area contributed by atoms with Crippen LogP contribution in [0, 0.1) is 13.8 Å². The van der Waals surface area contributed by atoms with Crippen molar-refractivity contribution in [1.29, 1.82) is 0 Å². The van der Waals surface area contributed by atoms with E-state index in [1.54, 1.807) is 0 Å². The Hall–Kier alpha value is -2.90. The van der Waals surface area contributed by atoms with E-state index < -0.39 is 0 Å². The van der Waals surface area contributed by atoms with Crippen LogP contribution in [-0.4, -0.2) is 27.7 Å². The molecule has 0 bridgehead atoms. The zero-order valence-electron chi connectivity index (χ0n) is 15.9. The predicted molar refractivity (Wildman–Crippen MR) is 112 cm³/mol. The van der Waals surface area contributed by atoms with Crippen molar-refractivity contribution in [2.45, 2.75) is 26.8 Å². The molecule has 148 valence electrons. The van der Waals surface area contributed by atoms with Crippen molar-refractivity contribution >= 4 is 24.0 Å². The maximum atomic E-state index is 12.1. The van der Waals surface area contributed by atoms with Crippen LogP contribution in [0.5, 0.6) is 5.75 Å². The lowest BCUT2D eigenvalue weighted by Gasteiger charge is -2.09. The Morgan fingerprint density at radius 1 is 1.14 bits per heavy atom. The summed E-state index contributed by atoms with van der Waals surface area (Å²) in [6, 6.07) is 13.3. The number of ether oxygens (including phenoxy) is 1. The fraction of sp³-hybridized carbons (Fsp3) is 0.250. The minimum absolute atomic E-state index is 0. The Bertz CT molecular complexity index is 904. The van der Waals surface area contributed by atoms with Gasteiger partial charge in [-0.2, -0.15) is 5.10 Å². The Morgan fingerprint density at radius 2 is 1.82 bits per heavy atom. The third-order valence-corrected chi connectivity index (χ3v) is 3.94. The number of carbonyl (C=O) groups is 1. The minimum Gasteiger partial charge on any atom is -0.493 e. The Balaban J connectivity index is 0.00000280. The number of amides is 1. The van der Waals surface area contributed by atoms with Crippen LogP contribution in [0.4, 0.5) is 5.69 Å². The highest BCUT2D eigenvalue weighted by Crippen LogP contribution is 2.19. The van der Waals surface area contributed by atoms with Crippen molar-refractivity contribution in [3.8, 4) is 17.1 Å². The number of halogens is 1. The normalized spacial score (nSPS) is 10.2. The molecule has 1 amide bonds. The highest BCUT2D eigenvalue weighted by atomic mass is 35.5. The van der Waals surface area contributed by atoms with E-state index in [0.717, 1.165) is 22.4 Å². The predicted octanol–water partition coefficient (Wildman–Crippen LogP) is 3.38. The van der Waals surface area contributed by atoms with E-state index >= 15 is 0 Å². The molecule has 0 aliphatic rings. The molecular weight excluding hydrogens is 378 g/mol. The van der Waals surface area contributed by atoms with Crippen molar-refractivity contribution in [2.75, 3.05) is 11.9 Å². The summed E-state index contributed by atoms with van der Waals surface area (Å²) in [5, 5.41) is 9.74. The number of benzene rings is 2. The lowest BCUT2D eigenvalue weighted by atomic mass is 10.1. The second-order valence-corrected chi connectivity index (χ2v) is 6.36. The highest BCUT2D eigenvalue weighted by molar-refractivity contribution is 5.91. The van der Waals surface area contributed by atoms with Gasteiger partial charge in [-0.05, 0) is 61.4 Å². The molecule has 0 radical (unpaired) electrons. The number of aromatic nitrogens is 3. The van der Waals surface area contributed by atoms with Crippen molar-refractivity contribution in [2.24, 2.45) is 5.73 Å². The number of hydrogen-bond acceptors (Lipinski definition) is 5. The zero-order valence-corrected chi connectivity index (χ0v) is 16.7. The van der Waals surface area contributed by atoms with E-state index in [2.05, 4.69) is 26.6 Å². The summed E-state index contributed by atoms with van der Waals surface area (Å²) in [5.41, 5.74) is 9.36. The Morgan fingerprint density at radius 3 is 2.43 bits per heavy atom. The SMILES string of the molecule is Cc1cc(C)cc(OCCC(=O)Nc2ccc(-c3n[nH]c(CN)n3)cc2)c1.Cl. The van der Waals surface area contributed by atoms with Crippen LogP contribution in [-0.2, 0) is 11.3 Å². The zero-order chi connectivity index (χ0) is 19.2. The molecular formula is C20H24ClN5O2. The molecule has 0 saturated carbocycles. The summed E-state index contributed by atoms with van der Waals surface area (Å²) in [6.07, 6.45) is 0.273. The number of H-pyrrole nitrogens is 1. The minimum atomic E-state index is -0.101. The van der Waals surface area contributed by atoms with Gasteiger partial charge in [0.15, 0.2) is 5.82 Å². The van der Waals surface area contributed by atoms with Crippen LogP contribution in [0.2, 0.25) is 0 Å². The van der Waals surface area contributed by atoms with Gasteiger partial charge in [0.2, 0.25) is 5.91 Å². The van der Waals surface area contributed by atoms with Crippen LogP contribution in [0.15, 0.2) is 42.5 Å². The van der Waals surface area contributed by atoms with E-state index in [1.807, 2.05) is 50.2 Å². The number of aromatic amines is 1. The maximum absolute atomic E-state index is 12.1. The molecule has 1 heterocycles. The number of rotatable bonds is 7. The molecule has 7 nitrogen and oxygen atoms in total. The van der Waals surface area contributed by atoms with Crippen LogP contribution in [0.1, 0.15) is 23.4 Å². The molecule has 0 aliphatic carbocycles. The summed E-state index contributed by atoms with van der Waals surface area (Å²) >= 11 is 0. The highest BCUT2D eigenvalue weighted by Gasteiger charge is 2.07. The molecule has 8 heteroatoms. The Labute approximate surface area is 170 Å². The van der Waals surface area contributed by atoms with Gasteiger partial charge < -0.3 is 15.8 Å². The van der Waals surface area contributed by atoms with Gasteiger partial charge in [-0.1, -0.05) is 6.07 Å². The van der Waals surface area contributed by atoms with Gasteiger partial charge in [-0.25, -0.2) is 4.98 Å². The van der Waals surface area contributed by atoms with Gasteiger partial charge in [-0.15, -0.1) is 12.4 Å². The van der Waals surface area contributed by atoms with Gasteiger partial charge in [0.05, 0.1) is 19.6 Å². The summed E-state index contributed by atoms with van der Waals surface area (Å²) in [6.45, 7) is 4.67. The molecule has 3 aromatic rings. The first-order valence-corrected chi connectivity index (χ1v) is 8.76. The van der Waals surface area contributed by atoms with E-state index in [1.165, 1.54) is 0 Å². The average Bonchev–Trinajstić information content (AvgIpc) is 3.11. The largest absolute Gasteiger partial charge is 0.493 e. The standard InChI is InChI=1S/C20H23N5O2.ClH/c1-13-9-14(2)11-17(10-13)27-8-7-19(26)22-16-5-3-15(4-6-16)20-23-18(12-21)24-25-20;/h3-6,9-11H,7-8,12,21H2,1-2H3,(H,22,26)(H,23,24,25);1H. The molecule has 0 spiro atoms. The fourth-order valence-corrected chi connectivity index (χ4v) is 2.72. The molecule has 2 aromatic carbocycles. The van der Waals surface area contributed by atoms with E-state index in [9.17, 15) is 4.79 Å². The monoisotopic (exact) mass is 401 g/mol. The lowest BCUT2D eigenvalue weighted by molar-refractivity contribution is -0.116. The summed E-state index contributed by atoms with van der Waals surface area (Å²) in [5.74, 6) is 1.89. The van der Waals surface area contributed by atoms with Gasteiger partial charge in [0, 0.05) is 11.3 Å². The van der Waals surface area contributed by atoms with Gasteiger partial charge in [-0.3, -0.25) is 9.89 Å². The second-order valence-electron chi connectivity index (χ2n) is 6.36. The van der Waals surface area contributed by atoms with Gasteiger partial charge >= 0.3 is 0 Å². The molecule has 0 fully saturated rings. The number of nitrogens with one attached hydrogen (secondary N) is 2. The summed E-state index contributed by atoms with van der Waals surface area (Å²) < 4.78 is 5.67. The van der Waals surface area contributed by atoms with Crippen LogP contribution in [0.3, 0.4) is 0 Å². The second kappa shape index (κ2) is 9.87. The molecule has 3 rings (SSSR count). The molecule has 4 N–H and O–H groups in total. The lowest BCUT2D eigenvalue weighted by Crippen LogP contribution is -2.15. The smallest absolute Gasteiger partial charge is 0.227 e. The van der Waals surface area contributed by atoms with Crippen LogP contribution < -0.4 is 15.8 Å². The molecule has 0 saturated heterocycles. The van der Waals surface area contributed by atoms with Gasteiger partial charge in [0.1, 0.15) is 11.6 Å². The number of carbonyl (C=O) groups excluding carboxylic acids is 1. The van der Waals surface area contributed by atoms with E-state index in [-0.39, 0.29) is 24.7 Å². The van der Waals surface area contributed by atoms with Crippen molar-refractivity contribution < 1.29 is 9.53 Å². The maximum Gasteiger partial charge on any atom is 0.227 e. The van der Waals surface area contributed by atoms with E-state index in [0.29, 0.717) is 30.5 Å². The Kier molecular flexibility index (Phi) is 7.54. The molecule has 0 unspecified atom stereocenters. The molecule has 0 aliphatic heterocycles. The molecule has 1 aromatic heterocycles. The number of aryl methyl sites for hydroxylation is 2. The number of hydrogen-bond donors (Lipinski definition) is 3. The van der Waals surface area contributed by atoms with Crippen molar-refractivity contribution in [3.05, 3.63) is 59.4 Å². The quantitative estimate of drug-likeness (QED) is 0.562. The first kappa shape index (κ1) is 21.4. The third kappa shape index (κ3) is 5.80. The summed E-state index contributed by atoms with van der Waals surface area (Å²) in [4.78, 5) is 16.4. The van der Waals surface area contributed by atoms with Crippen LogP contribution >= 0.6 is 12.4 Å². The molecule has 28 heavy (non-hydrogen) atoms. The number of nitrogens with zero attached hydrogens (tertiary/aromatic N) is 2. The number of anilines is 1. The average molecular weight is 402 g/mol. The third-order valence-electron chi connectivity index (χ3n) is 3.94. The molecule has 0 atom stereocenters. The first-order chi connectivity index (χ1) is 13.0. The first-order valence-electron chi connectivity index (χ1n) is 8.76. The fourth-order valence-electron chi connectivity index (χ4n) is 2.72.